The lowest BCUT2D eigenvalue weighted by atomic mass is 9.53. The third kappa shape index (κ3) is 4.78. The molecule has 0 aliphatic heterocycles. The fraction of sp³-hybridized carbons (Fsp3) is 0.593. The number of pyridine rings is 1. The molecule has 6 atom stereocenters. The van der Waals surface area contributed by atoms with E-state index in [9.17, 15) is 9.90 Å². The molecule has 2 N–H and O–H groups in total. The average molecular weight is 483 g/mol. The minimum absolute atomic E-state index is 0.0237. The molecule has 1 saturated carbocycles. The summed E-state index contributed by atoms with van der Waals surface area (Å²) in [6.45, 7) is 11.6. The predicted octanol–water partition coefficient (Wildman–Crippen LogP) is 4.53. The first-order chi connectivity index (χ1) is 16.2. The number of thiazole rings is 1. The molecule has 6 nitrogen and oxygen atoms in total. The quantitative estimate of drug-likeness (QED) is 0.541. The van der Waals surface area contributed by atoms with Crippen LogP contribution in [0.1, 0.15) is 55.8 Å². The van der Waals surface area contributed by atoms with Gasteiger partial charge in [-0.15, -0.1) is 17.9 Å². The van der Waals surface area contributed by atoms with Crippen LogP contribution in [-0.2, 0) is 17.6 Å². The normalized spacial score (nSPS) is 29.0. The summed E-state index contributed by atoms with van der Waals surface area (Å²) in [5.41, 5.74) is 2.21. The van der Waals surface area contributed by atoms with Crippen molar-refractivity contribution < 1.29 is 9.90 Å². The maximum atomic E-state index is 12.9. The molecule has 0 saturated heterocycles. The molecule has 1 amide bonds. The Hall–Kier alpha value is -2.25. The SMILES string of the molecule is C=CCN(C)C(=O)[C@@H](C)[C@H]1CC[C@]2(C)Cc3sc(NCCc4ccccn4)nc3[C@H](C)[C@@H]2[C@H]1O. The topological polar surface area (TPSA) is 78.4 Å². The molecular weight excluding hydrogens is 444 g/mol. The number of aliphatic hydroxyl groups is 1. The van der Waals surface area contributed by atoms with Crippen LogP contribution in [0.4, 0.5) is 5.13 Å². The maximum Gasteiger partial charge on any atom is 0.225 e. The van der Waals surface area contributed by atoms with E-state index < -0.39 is 6.10 Å². The zero-order valence-electron chi connectivity index (χ0n) is 20.8. The summed E-state index contributed by atoms with van der Waals surface area (Å²) in [7, 11) is 1.81. The second-order valence-corrected chi connectivity index (χ2v) is 11.5. The highest BCUT2D eigenvalue weighted by atomic mass is 32.1. The van der Waals surface area contributed by atoms with Gasteiger partial charge in [-0.05, 0) is 48.6 Å². The van der Waals surface area contributed by atoms with Gasteiger partial charge in [0, 0.05) is 55.2 Å². The summed E-state index contributed by atoms with van der Waals surface area (Å²) in [6.07, 6.45) is 6.75. The molecule has 184 valence electrons. The van der Waals surface area contributed by atoms with E-state index in [2.05, 4.69) is 30.7 Å². The first kappa shape index (κ1) is 24.9. The lowest BCUT2D eigenvalue weighted by molar-refractivity contribution is -0.143. The van der Waals surface area contributed by atoms with Crippen molar-refractivity contribution >= 4 is 22.4 Å². The van der Waals surface area contributed by atoms with E-state index in [4.69, 9.17) is 4.98 Å². The molecule has 4 rings (SSSR count). The molecule has 0 bridgehead atoms. The zero-order chi connectivity index (χ0) is 24.5. The van der Waals surface area contributed by atoms with Crippen LogP contribution < -0.4 is 5.32 Å². The third-order valence-corrected chi connectivity index (χ3v) is 9.15. The molecule has 2 aromatic heterocycles. The van der Waals surface area contributed by atoms with Crippen molar-refractivity contribution in [2.24, 2.45) is 23.2 Å². The van der Waals surface area contributed by atoms with Crippen molar-refractivity contribution in [3.05, 3.63) is 53.3 Å². The second kappa shape index (κ2) is 10.2. The van der Waals surface area contributed by atoms with E-state index in [1.54, 1.807) is 22.3 Å². The van der Waals surface area contributed by atoms with Crippen LogP contribution in [-0.4, -0.2) is 52.1 Å². The number of nitrogens with zero attached hydrogens (tertiary/aromatic N) is 3. The van der Waals surface area contributed by atoms with Gasteiger partial charge in [0.1, 0.15) is 0 Å². The Kier molecular flexibility index (Phi) is 7.43. The summed E-state index contributed by atoms with van der Waals surface area (Å²) in [5.74, 6) is 0.100. The van der Waals surface area contributed by atoms with Gasteiger partial charge >= 0.3 is 0 Å². The second-order valence-electron chi connectivity index (χ2n) is 10.5. The zero-order valence-corrected chi connectivity index (χ0v) is 21.6. The first-order valence-corrected chi connectivity index (χ1v) is 13.2. The lowest BCUT2D eigenvalue weighted by Crippen LogP contribution is -2.53. The highest BCUT2D eigenvalue weighted by Gasteiger charge is 2.54. The van der Waals surface area contributed by atoms with Crippen molar-refractivity contribution in [2.75, 3.05) is 25.5 Å². The van der Waals surface area contributed by atoms with Crippen molar-refractivity contribution in [1.29, 1.82) is 0 Å². The van der Waals surface area contributed by atoms with Crippen LogP contribution in [0.25, 0.3) is 0 Å². The number of amides is 1. The highest BCUT2D eigenvalue weighted by molar-refractivity contribution is 7.15. The van der Waals surface area contributed by atoms with Gasteiger partial charge in [-0.1, -0.05) is 32.9 Å². The molecule has 7 heteroatoms. The largest absolute Gasteiger partial charge is 0.392 e. The standard InChI is InChI=1S/C27H38N4O2S/c1-6-15-31(5)25(33)17(2)20-10-12-27(4)16-21-23(18(3)22(27)24(20)32)30-26(34-21)29-14-11-19-9-7-8-13-28-19/h6-9,13,17-18,20,22,24,32H,1,10-12,14-16H2,2-5H3,(H,29,30)/t17-,18+,20+,22+,24-,27+/m0/s1. The Bertz CT molecular complexity index is 1010. The molecule has 2 heterocycles. The van der Waals surface area contributed by atoms with Crippen LogP contribution >= 0.6 is 11.3 Å². The van der Waals surface area contributed by atoms with E-state index >= 15 is 0 Å². The van der Waals surface area contributed by atoms with E-state index in [1.165, 1.54) is 4.88 Å². The van der Waals surface area contributed by atoms with Crippen LogP contribution in [0, 0.1) is 23.2 Å². The average Bonchev–Trinajstić information content (AvgIpc) is 3.21. The number of fused-ring (bicyclic) bond motifs is 2. The predicted molar refractivity (Wildman–Crippen MR) is 138 cm³/mol. The minimum Gasteiger partial charge on any atom is -0.392 e. The number of anilines is 1. The van der Waals surface area contributed by atoms with Crippen LogP contribution in [0.5, 0.6) is 0 Å². The number of carbonyl (C=O) groups excluding carboxylic acids is 1. The molecule has 2 aliphatic carbocycles. The van der Waals surface area contributed by atoms with Crippen molar-refractivity contribution in [3.8, 4) is 0 Å². The Labute approximate surface area is 207 Å². The molecule has 0 radical (unpaired) electrons. The summed E-state index contributed by atoms with van der Waals surface area (Å²) in [4.78, 5) is 25.4. The van der Waals surface area contributed by atoms with E-state index in [-0.39, 0.29) is 35.0 Å². The maximum absolute atomic E-state index is 12.9. The van der Waals surface area contributed by atoms with Gasteiger partial charge < -0.3 is 15.3 Å². The van der Waals surface area contributed by atoms with Gasteiger partial charge in [0.15, 0.2) is 5.13 Å². The number of carbonyl (C=O) groups is 1. The van der Waals surface area contributed by atoms with Crippen LogP contribution in [0.2, 0.25) is 0 Å². The molecule has 2 aliphatic rings. The third-order valence-electron chi connectivity index (χ3n) is 8.12. The van der Waals surface area contributed by atoms with Crippen LogP contribution in [0.15, 0.2) is 37.1 Å². The summed E-state index contributed by atoms with van der Waals surface area (Å²) >= 11 is 1.76. The van der Waals surface area contributed by atoms with E-state index in [1.807, 2.05) is 38.4 Å². The lowest BCUT2D eigenvalue weighted by Gasteiger charge is -2.53. The monoisotopic (exact) mass is 482 g/mol. The molecule has 34 heavy (non-hydrogen) atoms. The van der Waals surface area contributed by atoms with Gasteiger partial charge in [0.05, 0.1) is 11.8 Å². The fourth-order valence-corrected chi connectivity index (χ4v) is 7.57. The molecular formula is C27H38N4O2S. The van der Waals surface area contributed by atoms with Crippen molar-refractivity contribution in [3.63, 3.8) is 0 Å². The van der Waals surface area contributed by atoms with E-state index in [0.29, 0.717) is 6.54 Å². The number of likely N-dealkylation sites (N-methyl/N-ethyl adjacent to an activating group) is 1. The number of nitrogens with one attached hydrogen (secondary N) is 1. The number of rotatable bonds is 8. The highest BCUT2D eigenvalue weighted by Crippen LogP contribution is 2.57. The summed E-state index contributed by atoms with van der Waals surface area (Å²) < 4.78 is 0. The molecule has 0 unspecified atom stereocenters. The molecule has 2 aromatic rings. The van der Waals surface area contributed by atoms with Crippen LogP contribution in [0.3, 0.4) is 0 Å². The number of aliphatic hydroxyl groups excluding tert-OH is 1. The number of hydrogen-bond donors (Lipinski definition) is 2. The summed E-state index contributed by atoms with van der Waals surface area (Å²) in [5, 5.41) is 16.0. The Morgan fingerprint density at radius 2 is 2.26 bits per heavy atom. The molecule has 1 fully saturated rings. The first-order valence-electron chi connectivity index (χ1n) is 12.4. The number of aromatic nitrogens is 2. The molecule has 0 spiro atoms. The fourth-order valence-electron chi connectivity index (χ4n) is 6.28. The minimum atomic E-state index is -0.514. The number of hydrogen-bond acceptors (Lipinski definition) is 6. The van der Waals surface area contributed by atoms with Gasteiger partial charge in [-0.25, -0.2) is 4.98 Å². The van der Waals surface area contributed by atoms with Gasteiger partial charge in [0.25, 0.3) is 0 Å². The Balaban J connectivity index is 1.47. The van der Waals surface area contributed by atoms with Crippen molar-refractivity contribution in [2.45, 2.75) is 58.5 Å². The Morgan fingerprint density at radius 1 is 1.47 bits per heavy atom. The van der Waals surface area contributed by atoms with Gasteiger partial charge in [-0.2, -0.15) is 0 Å². The van der Waals surface area contributed by atoms with Gasteiger partial charge in [-0.3, -0.25) is 9.78 Å². The smallest absolute Gasteiger partial charge is 0.225 e. The summed E-state index contributed by atoms with van der Waals surface area (Å²) in [6, 6.07) is 5.99. The van der Waals surface area contributed by atoms with Crippen molar-refractivity contribution in [1.82, 2.24) is 14.9 Å². The molecule has 0 aromatic carbocycles. The van der Waals surface area contributed by atoms with Gasteiger partial charge in [0.2, 0.25) is 5.91 Å². The van der Waals surface area contributed by atoms with E-state index in [0.717, 1.165) is 48.7 Å². The Morgan fingerprint density at radius 3 is 2.97 bits per heavy atom.